The van der Waals surface area contributed by atoms with E-state index in [1.54, 1.807) is 6.07 Å². The van der Waals surface area contributed by atoms with Crippen molar-refractivity contribution < 1.29 is 13.9 Å². The molecule has 0 spiro atoms. The predicted molar refractivity (Wildman–Crippen MR) is 60.8 cm³/mol. The Morgan fingerprint density at radius 2 is 2.33 bits per heavy atom. The number of rotatable bonds is 1. The van der Waals surface area contributed by atoms with Gasteiger partial charge in [-0.1, -0.05) is 0 Å². The minimum Gasteiger partial charge on any atom is -0.362 e. The van der Waals surface area contributed by atoms with Gasteiger partial charge in [-0.3, -0.25) is 4.79 Å². The fourth-order valence-corrected chi connectivity index (χ4v) is 2.14. The molecule has 0 saturated carbocycles. The van der Waals surface area contributed by atoms with Gasteiger partial charge in [-0.05, 0) is 46.4 Å². The van der Waals surface area contributed by atoms with E-state index in [4.69, 9.17) is 4.74 Å². The van der Waals surface area contributed by atoms with Gasteiger partial charge in [-0.15, -0.1) is 0 Å². The van der Waals surface area contributed by atoms with Crippen LogP contribution in [-0.4, -0.2) is 19.1 Å². The first-order valence-corrected chi connectivity index (χ1v) is 5.58. The van der Waals surface area contributed by atoms with E-state index in [1.165, 1.54) is 12.1 Å². The first-order chi connectivity index (χ1) is 7.16. The van der Waals surface area contributed by atoms with Gasteiger partial charge in [0.15, 0.2) is 0 Å². The van der Waals surface area contributed by atoms with Crippen molar-refractivity contribution in [1.82, 2.24) is 5.32 Å². The van der Waals surface area contributed by atoms with Crippen molar-refractivity contribution in [2.75, 3.05) is 13.2 Å². The van der Waals surface area contributed by atoms with Crippen LogP contribution in [0.5, 0.6) is 0 Å². The number of hydrogen-bond donors (Lipinski definition) is 1. The Morgan fingerprint density at radius 3 is 3.00 bits per heavy atom. The lowest BCUT2D eigenvalue weighted by atomic mass is 10.1. The van der Waals surface area contributed by atoms with Crippen molar-refractivity contribution in [3.63, 3.8) is 0 Å². The van der Waals surface area contributed by atoms with Gasteiger partial charge in [-0.2, -0.15) is 0 Å². The number of halogens is 2. The van der Waals surface area contributed by atoms with Gasteiger partial charge in [-0.25, -0.2) is 4.39 Å². The molecule has 1 aromatic carbocycles. The average Bonchev–Trinajstić information content (AvgIpc) is 2.23. The molecule has 5 heteroatoms. The summed E-state index contributed by atoms with van der Waals surface area (Å²) in [5, 5.41) is 2.69. The molecular weight excluding hydrogens is 312 g/mol. The summed E-state index contributed by atoms with van der Waals surface area (Å²) in [4.78, 5) is 10.9. The lowest BCUT2D eigenvalue weighted by Crippen LogP contribution is -2.38. The molecule has 1 saturated heterocycles. The van der Waals surface area contributed by atoms with Crippen LogP contribution >= 0.6 is 22.6 Å². The molecule has 1 N–H and O–H groups in total. The molecule has 1 atom stereocenters. The lowest BCUT2D eigenvalue weighted by Gasteiger charge is -2.24. The molecule has 0 unspecified atom stereocenters. The van der Waals surface area contributed by atoms with Crippen LogP contribution in [0.3, 0.4) is 0 Å². The smallest absolute Gasteiger partial charge is 0.246 e. The molecule has 0 aliphatic carbocycles. The summed E-state index contributed by atoms with van der Waals surface area (Å²) < 4.78 is 19.3. The maximum absolute atomic E-state index is 13.0. The monoisotopic (exact) mass is 321 g/mol. The fraction of sp³-hybridized carbons (Fsp3) is 0.300. The molecule has 0 radical (unpaired) electrons. The fourth-order valence-electron chi connectivity index (χ4n) is 1.45. The summed E-state index contributed by atoms with van der Waals surface area (Å²) in [5.74, 6) is -0.413. The average molecular weight is 321 g/mol. The number of morpholine rings is 1. The maximum Gasteiger partial charge on any atom is 0.246 e. The summed E-state index contributed by atoms with van der Waals surface area (Å²) in [6.07, 6.45) is -0.245. The third kappa shape index (κ3) is 2.46. The molecule has 1 aromatic rings. The molecule has 0 aromatic heterocycles. The van der Waals surface area contributed by atoms with Gasteiger partial charge in [0.2, 0.25) is 5.91 Å². The van der Waals surface area contributed by atoms with Crippen LogP contribution < -0.4 is 5.32 Å². The van der Waals surface area contributed by atoms with Gasteiger partial charge >= 0.3 is 0 Å². The van der Waals surface area contributed by atoms with Crippen molar-refractivity contribution in [2.24, 2.45) is 0 Å². The van der Waals surface area contributed by atoms with E-state index >= 15 is 0 Å². The first kappa shape index (κ1) is 10.8. The van der Waals surface area contributed by atoms with Gasteiger partial charge in [0, 0.05) is 10.1 Å². The third-order valence-corrected chi connectivity index (χ3v) is 3.19. The number of carbonyl (C=O) groups is 1. The normalized spacial score (nSPS) is 21.2. The number of carbonyl (C=O) groups excluding carboxylic acids is 1. The molecule has 15 heavy (non-hydrogen) atoms. The summed E-state index contributed by atoms with van der Waals surface area (Å²) in [7, 11) is 0. The van der Waals surface area contributed by atoms with Crippen LogP contribution in [0.25, 0.3) is 0 Å². The van der Waals surface area contributed by atoms with E-state index in [-0.39, 0.29) is 24.4 Å². The Balaban J connectivity index is 2.21. The van der Waals surface area contributed by atoms with E-state index < -0.39 is 0 Å². The Hall–Kier alpha value is -0.690. The molecule has 1 amide bonds. The molecule has 1 fully saturated rings. The minimum absolute atomic E-state index is 0.0389. The highest BCUT2D eigenvalue weighted by Crippen LogP contribution is 2.24. The highest BCUT2D eigenvalue weighted by molar-refractivity contribution is 14.1. The summed E-state index contributed by atoms with van der Waals surface area (Å²) in [5.41, 5.74) is 0.788. The van der Waals surface area contributed by atoms with Crippen LogP contribution in [0.4, 0.5) is 4.39 Å². The van der Waals surface area contributed by atoms with Crippen LogP contribution in [0.15, 0.2) is 18.2 Å². The Labute approximate surface area is 100 Å². The molecule has 1 heterocycles. The molecule has 3 nitrogen and oxygen atoms in total. The summed E-state index contributed by atoms with van der Waals surface area (Å²) in [6.45, 7) is 0.440. The van der Waals surface area contributed by atoms with E-state index in [2.05, 4.69) is 27.9 Å². The van der Waals surface area contributed by atoms with Gasteiger partial charge in [0.25, 0.3) is 0 Å². The van der Waals surface area contributed by atoms with Crippen molar-refractivity contribution >= 4 is 28.5 Å². The maximum atomic E-state index is 13.0. The van der Waals surface area contributed by atoms with Crippen LogP contribution in [0, 0.1) is 9.39 Å². The number of amides is 1. The number of benzene rings is 1. The zero-order chi connectivity index (χ0) is 10.8. The summed E-state index contributed by atoms with van der Waals surface area (Å²) in [6, 6.07) is 4.56. The largest absolute Gasteiger partial charge is 0.362 e. The molecule has 80 valence electrons. The van der Waals surface area contributed by atoms with E-state index in [0.717, 1.165) is 9.13 Å². The number of hydrogen-bond acceptors (Lipinski definition) is 2. The molecule has 1 aliphatic heterocycles. The minimum atomic E-state index is -0.286. The van der Waals surface area contributed by atoms with Crippen molar-refractivity contribution in [3.8, 4) is 0 Å². The van der Waals surface area contributed by atoms with Crippen molar-refractivity contribution in [1.29, 1.82) is 0 Å². The van der Waals surface area contributed by atoms with Crippen LogP contribution in [-0.2, 0) is 9.53 Å². The van der Waals surface area contributed by atoms with E-state index in [1.807, 2.05) is 0 Å². The number of ether oxygens (including phenoxy) is 1. The quantitative estimate of drug-likeness (QED) is 0.799. The van der Waals surface area contributed by atoms with Crippen LogP contribution in [0.1, 0.15) is 11.7 Å². The molecule has 2 rings (SSSR count). The summed E-state index contributed by atoms with van der Waals surface area (Å²) >= 11 is 2.13. The number of nitrogens with one attached hydrogen (secondary N) is 1. The van der Waals surface area contributed by atoms with Gasteiger partial charge in [0.1, 0.15) is 18.5 Å². The SMILES string of the molecule is O=C1CO[C@H](c2cc(F)ccc2I)CN1. The van der Waals surface area contributed by atoms with Crippen molar-refractivity contribution in [3.05, 3.63) is 33.1 Å². The highest BCUT2D eigenvalue weighted by atomic mass is 127. The Bertz CT molecular complexity index is 387. The Morgan fingerprint density at radius 1 is 1.53 bits per heavy atom. The second kappa shape index (κ2) is 4.44. The van der Waals surface area contributed by atoms with Gasteiger partial charge in [0.05, 0.1) is 0 Å². The zero-order valence-corrected chi connectivity index (χ0v) is 9.95. The first-order valence-electron chi connectivity index (χ1n) is 4.50. The standard InChI is InChI=1S/C10H9FINO2/c11-6-1-2-8(12)7(3-6)9-4-13-10(14)5-15-9/h1-3,9H,4-5H2,(H,13,14)/t9-/m0/s1. The second-order valence-electron chi connectivity index (χ2n) is 3.27. The van der Waals surface area contributed by atoms with Crippen molar-refractivity contribution in [2.45, 2.75) is 6.10 Å². The van der Waals surface area contributed by atoms with Crippen LogP contribution in [0.2, 0.25) is 0 Å². The van der Waals surface area contributed by atoms with Gasteiger partial charge < -0.3 is 10.1 Å². The third-order valence-electron chi connectivity index (χ3n) is 2.21. The van der Waals surface area contributed by atoms with E-state index in [0.29, 0.717) is 6.54 Å². The highest BCUT2D eigenvalue weighted by Gasteiger charge is 2.22. The topological polar surface area (TPSA) is 38.3 Å². The Kier molecular flexibility index (Phi) is 3.20. The predicted octanol–water partition coefficient (Wildman–Crippen LogP) is 1.62. The lowest BCUT2D eigenvalue weighted by molar-refractivity contribution is -0.133. The molecule has 1 aliphatic rings. The zero-order valence-electron chi connectivity index (χ0n) is 7.80. The second-order valence-corrected chi connectivity index (χ2v) is 4.43. The van der Waals surface area contributed by atoms with E-state index in [9.17, 15) is 9.18 Å². The molecular formula is C10H9FINO2. The molecule has 0 bridgehead atoms.